The fraction of sp³-hybridized carbons (Fsp3) is 0.404. The largest absolute Gasteiger partial charge is 0.490 e. The van der Waals surface area contributed by atoms with Crippen LogP contribution in [-0.2, 0) is 21.0 Å². The zero-order valence-corrected chi connectivity index (χ0v) is 34.9. The number of carbonyl (C=O) groups excluding carboxylic acids is 1. The normalized spacial score (nSPS) is 23.0. The van der Waals surface area contributed by atoms with Crippen molar-refractivity contribution in [2.24, 2.45) is 22.9 Å². The topological polar surface area (TPSA) is 196 Å². The predicted molar refractivity (Wildman–Crippen MR) is 233 cm³/mol. The standard InChI is InChI=1S/C47H54N4O11/c1-4-26-59-37-21-22-42-40(29-37)45-38(11-7-9-25-53)34(10-6-8-24-52)28-39-41(48-61-31-33-14-19-36(20-15-33)51(57)58)30-43(47(62-42,46(39)45)60-27-5-2)49(3)44(54)23-16-32-12-17-35(18-13-32)50(55)56/h4-5,12-23,28-29,34,38,43,45-46,52-53H,1-2,6-11,24-27,30-31H2,3H3. The van der Waals surface area contributed by atoms with Crippen molar-refractivity contribution in [3.63, 3.8) is 0 Å². The number of aliphatic hydroxyl groups is 2. The number of nitro groups is 2. The quantitative estimate of drug-likeness (QED) is 0.0326. The first kappa shape index (κ1) is 45.4. The monoisotopic (exact) mass is 850 g/mol. The molecule has 0 radical (unpaired) electrons. The van der Waals surface area contributed by atoms with E-state index >= 15 is 0 Å². The number of unbranched alkanes of at least 4 members (excludes halogenated alkanes) is 2. The van der Waals surface area contributed by atoms with E-state index in [1.807, 2.05) is 18.2 Å². The van der Waals surface area contributed by atoms with Crippen LogP contribution in [-0.4, -0.2) is 81.9 Å². The Morgan fingerprint density at radius 3 is 2.24 bits per heavy atom. The highest BCUT2D eigenvalue weighted by Gasteiger charge is 2.65. The van der Waals surface area contributed by atoms with Gasteiger partial charge in [-0.3, -0.25) is 25.0 Å². The second-order valence-electron chi connectivity index (χ2n) is 15.7. The fourth-order valence-corrected chi connectivity index (χ4v) is 9.02. The Morgan fingerprint density at radius 2 is 1.60 bits per heavy atom. The fourth-order valence-electron chi connectivity index (χ4n) is 9.02. The molecule has 3 aromatic carbocycles. The molecule has 1 aliphatic heterocycles. The number of fused-ring (bicyclic) bond motifs is 2. The van der Waals surface area contributed by atoms with Gasteiger partial charge in [0.1, 0.15) is 30.8 Å². The van der Waals surface area contributed by atoms with Crippen molar-refractivity contribution >= 4 is 29.1 Å². The van der Waals surface area contributed by atoms with Crippen LogP contribution in [0.4, 0.5) is 11.4 Å². The first-order chi connectivity index (χ1) is 30.0. The maximum absolute atomic E-state index is 14.3. The molecule has 62 heavy (non-hydrogen) atoms. The molecule has 2 aliphatic carbocycles. The van der Waals surface area contributed by atoms with E-state index in [1.165, 1.54) is 30.3 Å². The maximum Gasteiger partial charge on any atom is 0.269 e. The minimum Gasteiger partial charge on any atom is -0.490 e. The highest BCUT2D eigenvalue weighted by molar-refractivity contribution is 6.03. The van der Waals surface area contributed by atoms with Crippen LogP contribution in [0.5, 0.6) is 11.5 Å². The number of rotatable bonds is 22. The summed E-state index contributed by atoms with van der Waals surface area (Å²) in [4.78, 5) is 43.6. The molecule has 0 bridgehead atoms. The van der Waals surface area contributed by atoms with Gasteiger partial charge in [-0.15, -0.1) is 6.58 Å². The van der Waals surface area contributed by atoms with E-state index in [9.17, 15) is 35.2 Å². The summed E-state index contributed by atoms with van der Waals surface area (Å²) in [6, 6.07) is 16.8. The lowest BCUT2D eigenvalue weighted by Crippen LogP contribution is -2.69. The molecule has 1 saturated carbocycles. The molecule has 6 unspecified atom stereocenters. The van der Waals surface area contributed by atoms with E-state index < -0.39 is 27.6 Å². The van der Waals surface area contributed by atoms with Gasteiger partial charge in [0, 0.05) is 68.5 Å². The first-order valence-corrected chi connectivity index (χ1v) is 20.9. The molecule has 3 aromatic rings. The zero-order chi connectivity index (χ0) is 44.2. The number of hydrogen-bond donors (Lipinski definition) is 2. The molecule has 0 aromatic heterocycles. The molecule has 2 N–H and O–H groups in total. The minimum atomic E-state index is -1.48. The van der Waals surface area contributed by atoms with Crippen molar-refractivity contribution in [3.8, 4) is 11.5 Å². The van der Waals surface area contributed by atoms with Crippen molar-refractivity contribution in [2.45, 2.75) is 69.3 Å². The Bertz CT molecular complexity index is 2170. The molecule has 328 valence electrons. The third-order valence-corrected chi connectivity index (χ3v) is 11.9. The van der Waals surface area contributed by atoms with Gasteiger partial charge in [-0.2, -0.15) is 0 Å². The van der Waals surface area contributed by atoms with Crippen LogP contribution >= 0.6 is 0 Å². The van der Waals surface area contributed by atoms with Crippen LogP contribution in [0.2, 0.25) is 0 Å². The number of allylic oxidation sites excluding steroid dienone is 1. The Labute approximate surface area is 360 Å². The number of aliphatic hydroxyl groups excluding tert-OH is 2. The van der Waals surface area contributed by atoms with E-state index in [1.54, 1.807) is 54.4 Å². The number of non-ortho nitro benzene ring substituents is 2. The van der Waals surface area contributed by atoms with Gasteiger partial charge in [0.2, 0.25) is 11.7 Å². The van der Waals surface area contributed by atoms with Crippen molar-refractivity contribution in [1.82, 2.24) is 4.90 Å². The lowest BCUT2D eigenvalue weighted by atomic mass is 9.55. The van der Waals surface area contributed by atoms with Gasteiger partial charge in [-0.1, -0.05) is 42.8 Å². The number of benzene rings is 3. The molecule has 0 spiro atoms. The van der Waals surface area contributed by atoms with Crippen molar-refractivity contribution in [3.05, 3.63) is 147 Å². The lowest BCUT2D eigenvalue weighted by molar-refractivity contribution is -0.385. The third kappa shape index (κ3) is 10.1. The van der Waals surface area contributed by atoms with E-state index in [0.29, 0.717) is 47.8 Å². The van der Waals surface area contributed by atoms with Gasteiger partial charge in [-0.05, 0) is 103 Å². The summed E-state index contributed by atoms with van der Waals surface area (Å²) >= 11 is 0. The summed E-state index contributed by atoms with van der Waals surface area (Å²) < 4.78 is 20.2. The summed E-state index contributed by atoms with van der Waals surface area (Å²) in [5.41, 5.74) is 3.47. The van der Waals surface area contributed by atoms with Crippen LogP contribution in [0.15, 0.2) is 115 Å². The molecular formula is C47H54N4O11. The first-order valence-electron chi connectivity index (χ1n) is 20.9. The number of nitro benzene ring substituents is 2. The summed E-state index contributed by atoms with van der Waals surface area (Å²) in [7, 11) is 1.68. The summed E-state index contributed by atoms with van der Waals surface area (Å²) in [6.45, 7) is 8.28. The second kappa shape index (κ2) is 21.1. The number of carbonyl (C=O) groups is 1. The van der Waals surface area contributed by atoms with E-state index in [2.05, 4.69) is 19.2 Å². The smallest absolute Gasteiger partial charge is 0.269 e. The molecule has 6 atom stereocenters. The molecule has 15 nitrogen and oxygen atoms in total. The Kier molecular flexibility index (Phi) is 15.4. The van der Waals surface area contributed by atoms with Crippen molar-refractivity contribution in [1.29, 1.82) is 0 Å². The second-order valence-corrected chi connectivity index (χ2v) is 15.7. The SMILES string of the molecule is C=CCOc1ccc2c(c1)C1C(CCCCO)C(CCCCO)C=C3C(=NOCc4ccc([N+](=O)[O-])cc4)CC(N(C)C(=O)C=Cc4ccc([N+](=O)[O-])cc4)C(OCC=C)(O2)C31. The molecule has 1 fully saturated rings. The predicted octanol–water partition coefficient (Wildman–Crippen LogP) is 8.07. The number of oxime groups is 1. The molecule has 1 heterocycles. The van der Waals surface area contributed by atoms with Gasteiger partial charge in [0.25, 0.3) is 11.4 Å². The molecule has 15 heteroatoms. The molecule has 0 saturated heterocycles. The summed E-state index contributed by atoms with van der Waals surface area (Å²) in [6.07, 6.45) is 13.0. The third-order valence-electron chi connectivity index (χ3n) is 11.9. The molecular weight excluding hydrogens is 797 g/mol. The van der Waals surface area contributed by atoms with Crippen molar-refractivity contribution < 1.29 is 43.9 Å². The number of nitrogens with zero attached hydrogens (tertiary/aromatic N) is 4. The zero-order valence-electron chi connectivity index (χ0n) is 34.9. The minimum absolute atomic E-state index is 0.00192. The average Bonchev–Trinajstić information content (AvgIpc) is 3.28. The van der Waals surface area contributed by atoms with Gasteiger partial charge in [0.05, 0.1) is 28.1 Å². The highest BCUT2D eigenvalue weighted by Crippen LogP contribution is 2.61. The Hall–Kier alpha value is -6.16. The summed E-state index contributed by atoms with van der Waals surface area (Å²) in [5, 5.41) is 47.1. The molecule has 6 rings (SSSR count). The van der Waals surface area contributed by atoms with Gasteiger partial charge in [0.15, 0.2) is 0 Å². The van der Waals surface area contributed by atoms with E-state index in [-0.39, 0.29) is 67.9 Å². The lowest BCUT2D eigenvalue weighted by Gasteiger charge is -2.59. The van der Waals surface area contributed by atoms with E-state index in [4.69, 9.17) is 24.2 Å². The number of ether oxygens (including phenoxy) is 3. The van der Waals surface area contributed by atoms with Gasteiger partial charge < -0.3 is 34.2 Å². The number of likely N-dealkylation sites (N-methyl/N-ethyl adjacent to an activating group) is 1. The highest BCUT2D eigenvalue weighted by atomic mass is 16.7. The van der Waals surface area contributed by atoms with E-state index in [0.717, 1.165) is 36.8 Å². The molecule has 1 amide bonds. The van der Waals surface area contributed by atoms with Crippen LogP contribution in [0, 0.1) is 38.0 Å². The Morgan fingerprint density at radius 1 is 0.935 bits per heavy atom. The van der Waals surface area contributed by atoms with Crippen LogP contribution in [0.3, 0.4) is 0 Å². The average molecular weight is 851 g/mol. The van der Waals surface area contributed by atoms with Gasteiger partial charge >= 0.3 is 0 Å². The van der Waals surface area contributed by atoms with Crippen LogP contribution in [0.1, 0.15) is 67.6 Å². The number of hydrogen-bond acceptors (Lipinski definition) is 12. The van der Waals surface area contributed by atoms with Crippen LogP contribution in [0.25, 0.3) is 6.08 Å². The summed E-state index contributed by atoms with van der Waals surface area (Å²) in [5.74, 6) is -1.46. The van der Waals surface area contributed by atoms with Crippen LogP contribution < -0.4 is 9.47 Å². The van der Waals surface area contributed by atoms with Crippen molar-refractivity contribution in [2.75, 3.05) is 33.5 Å². The molecule has 3 aliphatic rings. The maximum atomic E-state index is 14.3. The number of amides is 1. The Balaban J connectivity index is 1.51. The van der Waals surface area contributed by atoms with Gasteiger partial charge in [-0.25, -0.2) is 0 Å².